The van der Waals surface area contributed by atoms with Crippen molar-refractivity contribution in [1.29, 1.82) is 0 Å². The molecule has 0 aliphatic rings. The summed E-state index contributed by atoms with van der Waals surface area (Å²) in [4.78, 5) is 24.1. The summed E-state index contributed by atoms with van der Waals surface area (Å²) < 4.78 is 5.46. The Hall–Kier alpha value is -4.06. The lowest BCUT2D eigenvalue weighted by atomic mass is 10.0. The fourth-order valence-electron chi connectivity index (χ4n) is 3.05. The molecule has 0 aliphatic carbocycles. The van der Waals surface area contributed by atoms with Gasteiger partial charge in [0.25, 0.3) is 5.91 Å². The number of hydrogen-bond acceptors (Lipinski definition) is 4. The summed E-state index contributed by atoms with van der Waals surface area (Å²) in [6.07, 6.45) is 1.54. The van der Waals surface area contributed by atoms with Crippen molar-refractivity contribution in [2.24, 2.45) is 0 Å². The Morgan fingerprint density at radius 1 is 1.00 bits per heavy atom. The van der Waals surface area contributed by atoms with E-state index >= 15 is 0 Å². The molecule has 3 aromatic carbocycles. The van der Waals surface area contributed by atoms with Crippen molar-refractivity contribution in [3.63, 3.8) is 0 Å². The average Bonchev–Trinajstić information content (AvgIpc) is 2.76. The van der Waals surface area contributed by atoms with Gasteiger partial charge in [-0.05, 0) is 54.0 Å². The predicted molar refractivity (Wildman–Crippen MR) is 120 cm³/mol. The second-order valence-electron chi connectivity index (χ2n) is 6.80. The van der Waals surface area contributed by atoms with E-state index in [-0.39, 0.29) is 17.9 Å². The van der Waals surface area contributed by atoms with Gasteiger partial charge in [-0.3, -0.25) is 9.59 Å². The summed E-state index contributed by atoms with van der Waals surface area (Å²) in [5.74, 6) is -0.826. The van der Waals surface area contributed by atoms with Crippen molar-refractivity contribution in [1.82, 2.24) is 0 Å². The number of anilines is 1. The number of benzene rings is 3. The molecule has 158 valence electrons. The number of carboxylic acids is 1. The molecule has 0 spiro atoms. The first-order valence-corrected chi connectivity index (χ1v) is 9.81. The minimum atomic E-state index is -0.997. The quantitative estimate of drug-likeness (QED) is 0.283. The van der Waals surface area contributed by atoms with E-state index in [9.17, 15) is 14.7 Å². The Bertz CT molecular complexity index is 1090. The Balaban J connectivity index is 1.93. The highest BCUT2D eigenvalue weighted by molar-refractivity contribution is 6.29. The van der Waals surface area contributed by atoms with Crippen molar-refractivity contribution < 1.29 is 24.5 Å². The van der Waals surface area contributed by atoms with E-state index in [2.05, 4.69) is 5.32 Å². The maximum absolute atomic E-state index is 13.1. The molecule has 3 rings (SSSR count). The Morgan fingerprint density at radius 3 is 2.35 bits per heavy atom. The van der Waals surface area contributed by atoms with E-state index in [1.807, 2.05) is 61.5 Å². The van der Waals surface area contributed by atoms with E-state index in [0.29, 0.717) is 23.3 Å². The third-order valence-corrected chi connectivity index (χ3v) is 4.50. The van der Waals surface area contributed by atoms with Crippen molar-refractivity contribution in [3.05, 3.63) is 89.5 Å². The Kier molecular flexibility index (Phi) is 7.06. The fourth-order valence-corrected chi connectivity index (χ4v) is 3.05. The predicted octanol–water partition coefficient (Wildman–Crippen LogP) is 4.60. The van der Waals surface area contributed by atoms with Crippen LogP contribution < -0.4 is 10.1 Å². The zero-order valence-electron chi connectivity index (χ0n) is 17.0. The summed E-state index contributed by atoms with van der Waals surface area (Å²) in [7, 11) is 0. The fraction of sp³-hybridized carbons (Fsp3) is 0.120. The lowest BCUT2D eigenvalue weighted by Crippen LogP contribution is -2.14. The number of aromatic hydroxyl groups is 1. The molecule has 0 unspecified atom stereocenters. The first kappa shape index (κ1) is 21.6. The molecular weight excluding hydrogens is 394 g/mol. The summed E-state index contributed by atoms with van der Waals surface area (Å²) in [5.41, 5.74) is 2.53. The molecule has 0 atom stereocenters. The van der Waals surface area contributed by atoms with E-state index in [1.54, 1.807) is 6.08 Å². The largest absolute Gasteiger partial charge is 0.506 e. The highest BCUT2D eigenvalue weighted by Crippen LogP contribution is 2.27. The van der Waals surface area contributed by atoms with Gasteiger partial charge in [-0.1, -0.05) is 48.5 Å². The SMILES string of the molecule is CCOc1ccc(/C=C(/C(=O)Nc2cc(CC(=O)O)ccc2O)c2ccccc2)cc1. The molecule has 6 heteroatoms. The lowest BCUT2D eigenvalue weighted by Gasteiger charge is -2.12. The number of phenols is 1. The van der Waals surface area contributed by atoms with Gasteiger partial charge < -0.3 is 20.3 Å². The first-order valence-electron chi connectivity index (χ1n) is 9.81. The van der Waals surface area contributed by atoms with Crippen LogP contribution in [0.15, 0.2) is 72.8 Å². The van der Waals surface area contributed by atoms with Crippen LogP contribution in [0.4, 0.5) is 5.69 Å². The molecule has 0 saturated carbocycles. The number of carbonyl (C=O) groups excluding carboxylic acids is 1. The third kappa shape index (κ3) is 5.96. The number of ether oxygens (including phenoxy) is 1. The van der Waals surface area contributed by atoms with E-state index in [4.69, 9.17) is 9.84 Å². The van der Waals surface area contributed by atoms with E-state index in [1.165, 1.54) is 18.2 Å². The number of phenolic OH excluding ortho intramolecular Hbond substituents is 1. The maximum atomic E-state index is 13.1. The third-order valence-electron chi connectivity index (χ3n) is 4.50. The van der Waals surface area contributed by atoms with Crippen LogP contribution in [0.1, 0.15) is 23.6 Å². The Morgan fingerprint density at radius 2 is 1.71 bits per heavy atom. The molecule has 31 heavy (non-hydrogen) atoms. The monoisotopic (exact) mass is 417 g/mol. The van der Waals surface area contributed by atoms with Crippen LogP contribution in [0.3, 0.4) is 0 Å². The van der Waals surface area contributed by atoms with Crippen molar-refractivity contribution >= 4 is 29.2 Å². The van der Waals surface area contributed by atoms with Gasteiger partial charge >= 0.3 is 5.97 Å². The Labute approximate surface area is 180 Å². The lowest BCUT2D eigenvalue weighted by molar-refractivity contribution is -0.136. The maximum Gasteiger partial charge on any atom is 0.307 e. The number of amides is 1. The van der Waals surface area contributed by atoms with Crippen LogP contribution in [0, 0.1) is 0 Å². The molecule has 1 amide bonds. The summed E-state index contributed by atoms with van der Waals surface area (Å²) in [5, 5.41) is 21.8. The molecular formula is C25H23NO5. The van der Waals surface area contributed by atoms with Crippen molar-refractivity contribution in [3.8, 4) is 11.5 Å². The topological polar surface area (TPSA) is 95.9 Å². The zero-order chi connectivity index (χ0) is 22.2. The van der Waals surface area contributed by atoms with Crippen LogP contribution in [0.5, 0.6) is 11.5 Å². The minimum absolute atomic E-state index is 0.143. The number of hydrogen-bond donors (Lipinski definition) is 3. The van der Waals surface area contributed by atoms with Crippen LogP contribution >= 0.6 is 0 Å². The molecule has 0 saturated heterocycles. The molecule has 0 aliphatic heterocycles. The molecule has 3 N–H and O–H groups in total. The smallest absolute Gasteiger partial charge is 0.307 e. The molecule has 0 bridgehead atoms. The second kappa shape index (κ2) is 10.1. The van der Waals surface area contributed by atoms with Gasteiger partial charge in [-0.15, -0.1) is 0 Å². The highest BCUT2D eigenvalue weighted by Gasteiger charge is 2.15. The minimum Gasteiger partial charge on any atom is -0.506 e. The van der Waals surface area contributed by atoms with Gasteiger partial charge in [0.15, 0.2) is 0 Å². The summed E-state index contributed by atoms with van der Waals surface area (Å²) >= 11 is 0. The molecule has 0 aromatic heterocycles. The number of carbonyl (C=O) groups is 2. The molecule has 0 radical (unpaired) electrons. The van der Waals surface area contributed by atoms with Gasteiger partial charge in [0, 0.05) is 5.57 Å². The number of aliphatic carboxylic acids is 1. The summed E-state index contributed by atoms with van der Waals surface area (Å²) in [6.45, 7) is 2.48. The van der Waals surface area contributed by atoms with E-state index in [0.717, 1.165) is 11.3 Å². The number of carboxylic acid groups (broad SMARTS) is 1. The number of nitrogens with one attached hydrogen (secondary N) is 1. The van der Waals surface area contributed by atoms with Crippen LogP contribution in [-0.2, 0) is 16.0 Å². The van der Waals surface area contributed by atoms with Gasteiger partial charge in [0.05, 0.1) is 18.7 Å². The highest BCUT2D eigenvalue weighted by atomic mass is 16.5. The standard InChI is InChI=1S/C25H23NO5/c1-2-31-20-11-8-17(9-12-20)14-21(19-6-4-3-5-7-19)25(30)26-22-15-18(16-24(28)29)10-13-23(22)27/h3-15,27H,2,16H2,1H3,(H,26,30)(H,28,29)/b21-14+. The molecule has 6 nitrogen and oxygen atoms in total. The van der Waals surface area contributed by atoms with Crippen LogP contribution in [-0.4, -0.2) is 28.7 Å². The average molecular weight is 417 g/mol. The van der Waals surface area contributed by atoms with Crippen LogP contribution in [0.25, 0.3) is 11.6 Å². The van der Waals surface area contributed by atoms with Crippen LogP contribution in [0.2, 0.25) is 0 Å². The van der Waals surface area contributed by atoms with Crippen molar-refractivity contribution in [2.45, 2.75) is 13.3 Å². The van der Waals surface area contributed by atoms with E-state index < -0.39 is 11.9 Å². The molecule has 0 fully saturated rings. The molecule has 3 aromatic rings. The molecule has 0 heterocycles. The van der Waals surface area contributed by atoms with Gasteiger partial charge in [-0.25, -0.2) is 0 Å². The second-order valence-corrected chi connectivity index (χ2v) is 6.80. The van der Waals surface area contributed by atoms with Gasteiger partial charge in [-0.2, -0.15) is 0 Å². The number of rotatable bonds is 8. The van der Waals surface area contributed by atoms with Gasteiger partial charge in [0.1, 0.15) is 11.5 Å². The van der Waals surface area contributed by atoms with Crippen molar-refractivity contribution in [2.75, 3.05) is 11.9 Å². The summed E-state index contributed by atoms with van der Waals surface area (Å²) in [6, 6.07) is 20.9. The van der Waals surface area contributed by atoms with Gasteiger partial charge in [0.2, 0.25) is 0 Å². The first-order chi connectivity index (χ1) is 15.0. The zero-order valence-corrected chi connectivity index (χ0v) is 17.0. The normalized spacial score (nSPS) is 11.1.